The maximum Gasteiger partial charge on any atom is 0.240 e. The molecular weight excluding hydrogens is 302 g/mol. The SMILES string of the molecule is CCCC(C)(N)C(=O)NC1CCc2nc(C(C)C)nn2C1.Cl. The maximum absolute atomic E-state index is 12.3. The van der Waals surface area contributed by atoms with Crippen molar-refractivity contribution in [3.8, 4) is 0 Å². The van der Waals surface area contributed by atoms with E-state index in [2.05, 4.69) is 29.2 Å². The number of nitrogens with two attached hydrogens (primary N) is 1. The molecule has 1 aromatic rings. The van der Waals surface area contributed by atoms with Gasteiger partial charge in [-0.25, -0.2) is 9.67 Å². The van der Waals surface area contributed by atoms with Crippen LogP contribution in [0.3, 0.4) is 0 Å². The Hall–Kier alpha value is -1.14. The molecule has 0 saturated carbocycles. The normalized spacial score (nSPS) is 20.0. The van der Waals surface area contributed by atoms with Gasteiger partial charge < -0.3 is 11.1 Å². The van der Waals surface area contributed by atoms with Gasteiger partial charge in [0.15, 0.2) is 5.82 Å². The second kappa shape index (κ2) is 7.42. The van der Waals surface area contributed by atoms with Crippen LogP contribution in [0.25, 0.3) is 0 Å². The van der Waals surface area contributed by atoms with Crippen molar-refractivity contribution >= 4 is 18.3 Å². The zero-order valence-corrected chi connectivity index (χ0v) is 14.7. The summed E-state index contributed by atoms with van der Waals surface area (Å²) in [6.45, 7) is 8.69. The van der Waals surface area contributed by atoms with Crippen molar-refractivity contribution in [2.24, 2.45) is 5.73 Å². The Morgan fingerprint density at radius 3 is 2.82 bits per heavy atom. The third-order valence-corrected chi connectivity index (χ3v) is 4.01. The van der Waals surface area contributed by atoms with E-state index in [1.165, 1.54) is 0 Å². The molecule has 2 atom stereocenters. The Balaban J connectivity index is 0.00000242. The summed E-state index contributed by atoms with van der Waals surface area (Å²) in [5.41, 5.74) is 5.29. The molecule has 0 saturated heterocycles. The highest BCUT2D eigenvalue weighted by Gasteiger charge is 2.31. The number of nitrogens with one attached hydrogen (secondary N) is 1. The van der Waals surface area contributed by atoms with Crippen LogP contribution in [0.5, 0.6) is 0 Å². The lowest BCUT2D eigenvalue weighted by Gasteiger charge is -2.29. The molecule has 7 heteroatoms. The highest BCUT2D eigenvalue weighted by Crippen LogP contribution is 2.18. The summed E-state index contributed by atoms with van der Waals surface area (Å²) in [6.07, 6.45) is 3.33. The van der Waals surface area contributed by atoms with Crippen molar-refractivity contribution in [1.29, 1.82) is 0 Å². The molecule has 3 N–H and O–H groups in total. The average Bonchev–Trinajstić information content (AvgIpc) is 2.81. The molecule has 0 radical (unpaired) electrons. The Labute approximate surface area is 138 Å². The first-order valence-electron chi connectivity index (χ1n) is 7.87. The Morgan fingerprint density at radius 2 is 2.23 bits per heavy atom. The van der Waals surface area contributed by atoms with Gasteiger partial charge in [0.05, 0.1) is 12.1 Å². The molecule has 22 heavy (non-hydrogen) atoms. The lowest BCUT2D eigenvalue weighted by atomic mass is 9.95. The highest BCUT2D eigenvalue weighted by atomic mass is 35.5. The van der Waals surface area contributed by atoms with E-state index in [1.807, 2.05) is 11.6 Å². The van der Waals surface area contributed by atoms with Gasteiger partial charge in [-0.1, -0.05) is 27.2 Å². The molecule has 0 aromatic carbocycles. The number of carbonyl (C=O) groups excluding carboxylic acids is 1. The van der Waals surface area contributed by atoms with E-state index < -0.39 is 5.54 Å². The van der Waals surface area contributed by atoms with Crippen LogP contribution in [0.15, 0.2) is 0 Å². The van der Waals surface area contributed by atoms with Crippen molar-refractivity contribution in [1.82, 2.24) is 20.1 Å². The molecule has 1 aliphatic heterocycles. The summed E-state index contributed by atoms with van der Waals surface area (Å²) in [5.74, 6) is 2.16. The third-order valence-electron chi connectivity index (χ3n) is 4.01. The minimum atomic E-state index is -0.791. The van der Waals surface area contributed by atoms with E-state index in [0.717, 1.165) is 30.9 Å². The van der Waals surface area contributed by atoms with E-state index in [0.29, 0.717) is 18.9 Å². The molecule has 2 rings (SSSR count). The quantitative estimate of drug-likeness (QED) is 0.862. The largest absolute Gasteiger partial charge is 0.350 e. The average molecular weight is 330 g/mol. The standard InChI is InChI=1S/C15H27N5O.ClH/c1-5-8-15(4,16)14(21)17-11-6-7-12-18-13(10(2)3)19-20(12)9-11;/h10-11H,5-9,16H2,1-4H3,(H,17,21);1H. The molecule has 0 bridgehead atoms. The number of carbonyl (C=O) groups is 1. The molecule has 1 aliphatic rings. The van der Waals surface area contributed by atoms with Crippen LogP contribution in [0, 0.1) is 0 Å². The topological polar surface area (TPSA) is 85.8 Å². The summed E-state index contributed by atoms with van der Waals surface area (Å²) >= 11 is 0. The van der Waals surface area contributed by atoms with Gasteiger partial charge in [-0.2, -0.15) is 5.10 Å². The first-order chi connectivity index (χ1) is 9.83. The smallest absolute Gasteiger partial charge is 0.240 e. The highest BCUT2D eigenvalue weighted by molar-refractivity contribution is 5.86. The number of fused-ring (bicyclic) bond motifs is 1. The molecule has 0 spiro atoms. The number of rotatable bonds is 5. The van der Waals surface area contributed by atoms with Gasteiger partial charge in [-0.05, 0) is 19.8 Å². The van der Waals surface area contributed by atoms with E-state index in [4.69, 9.17) is 5.73 Å². The fraction of sp³-hybridized carbons (Fsp3) is 0.800. The third kappa shape index (κ3) is 4.20. The van der Waals surface area contributed by atoms with Crippen molar-refractivity contribution in [3.63, 3.8) is 0 Å². The number of nitrogens with zero attached hydrogens (tertiary/aromatic N) is 3. The lowest BCUT2D eigenvalue weighted by molar-refractivity contribution is -0.127. The number of aromatic nitrogens is 3. The van der Waals surface area contributed by atoms with Crippen LogP contribution < -0.4 is 11.1 Å². The summed E-state index contributed by atoms with van der Waals surface area (Å²) in [6, 6.07) is 0.0893. The van der Waals surface area contributed by atoms with E-state index in [9.17, 15) is 4.79 Å². The summed E-state index contributed by atoms with van der Waals surface area (Å²) in [4.78, 5) is 16.8. The fourth-order valence-corrected chi connectivity index (χ4v) is 2.67. The molecule has 126 valence electrons. The van der Waals surface area contributed by atoms with Gasteiger partial charge >= 0.3 is 0 Å². The first-order valence-corrected chi connectivity index (χ1v) is 7.87. The molecule has 2 heterocycles. The van der Waals surface area contributed by atoms with Crippen LogP contribution in [0.4, 0.5) is 0 Å². The molecule has 2 unspecified atom stereocenters. The molecule has 1 amide bonds. The van der Waals surface area contributed by atoms with Crippen molar-refractivity contribution in [2.45, 2.75) is 77.4 Å². The predicted octanol–water partition coefficient (Wildman–Crippen LogP) is 1.77. The number of amides is 1. The minimum Gasteiger partial charge on any atom is -0.350 e. The van der Waals surface area contributed by atoms with Gasteiger partial charge in [0.2, 0.25) is 5.91 Å². The van der Waals surface area contributed by atoms with E-state index in [-0.39, 0.29) is 24.4 Å². The van der Waals surface area contributed by atoms with Gasteiger partial charge in [0.25, 0.3) is 0 Å². The summed E-state index contributed by atoms with van der Waals surface area (Å²) < 4.78 is 1.93. The molecule has 0 fully saturated rings. The Bertz CT molecular complexity index is 512. The molecule has 0 aliphatic carbocycles. The van der Waals surface area contributed by atoms with Crippen molar-refractivity contribution in [2.75, 3.05) is 0 Å². The van der Waals surface area contributed by atoms with Crippen LogP contribution >= 0.6 is 12.4 Å². The number of hydrogen-bond acceptors (Lipinski definition) is 4. The van der Waals surface area contributed by atoms with Crippen LogP contribution in [-0.2, 0) is 17.8 Å². The Kier molecular flexibility index (Phi) is 6.38. The summed E-state index contributed by atoms with van der Waals surface area (Å²) in [7, 11) is 0. The number of aryl methyl sites for hydroxylation is 1. The second-order valence-electron chi connectivity index (χ2n) is 6.60. The van der Waals surface area contributed by atoms with Gasteiger partial charge in [0, 0.05) is 18.4 Å². The Morgan fingerprint density at radius 1 is 1.55 bits per heavy atom. The summed E-state index contributed by atoms with van der Waals surface area (Å²) in [5, 5.41) is 7.60. The predicted molar refractivity (Wildman–Crippen MR) is 89.1 cm³/mol. The van der Waals surface area contributed by atoms with Crippen LogP contribution in [0.2, 0.25) is 0 Å². The van der Waals surface area contributed by atoms with Crippen LogP contribution in [0.1, 0.15) is 64.5 Å². The lowest BCUT2D eigenvalue weighted by Crippen LogP contribution is -2.55. The van der Waals surface area contributed by atoms with E-state index >= 15 is 0 Å². The van der Waals surface area contributed by atoms with Gasteiger partial charge in [-0.3, -0.25) is 4.79 Å². The van der Waals surface area contributed by atoms with E-state index in [1.54, 1.807) is 6.92 Å². The van der Waals surface area contributed by atoms with Gasteiger partial charge in [0.1, 0.15) is 5.82 Å². The zero-order chi connectivity index (χ0) is 15.6. The minimum absolute atomic E-state index is 0. The zero-order valence-electron chi connectivity index (χ0n) is 13.9. The fourth-order valence-electron chi connectivity index (χ4n) is 2.67. The van der Waals surface area contributed by atoms with Crippen molar-refractivity contribution < 1.29 is 4.79 Å². The first kappa shape index (κ1) is 18.9. The van der Waals surface area contributed by atoms with Crippen molar-refractivity contribution in [3.05, 3.63) is 11.6 Å². The van der Waals surface area contributed by atoms with Gasteiger partial charge in [-0.15, -0.1) is 12.4 Å². The number of hydrogen-bond donors (Lipinski definition) is 2. The monoisotopic (exact) mass is 329 g/mol. The molecular formula is C15H28ClN5O. The molecule has 1 aromatic heterocycles. The van der Waals surface area contributed by atoms with Crippen LogP contribution in [-0.4, -0.2) is 32.3 Å². The second-order valence-corrected chi connectivity index (χ2v) is 6.60. The maximum atomic E-state index is 12.3. The number of halogens is 1. The molecule has 6 nitrogen and oxygen atoms in total.